The molecule has 2 heterocycles. The zero-order valence-electron chi connectivity index (χ0n) is 11.3. The van der Waals surface area contributed by atoms with Gasteiger partial charge in [-0.2, -0.15) is 11.3 Å². The number of aryl methyl sites for hydroxylation is 1. The maximum absolute atomic E-state index is 5.74. The molecule has 0 aromatic carbocycles. The summed E-state index contributed by atoms with van der Waals surface area (Å²) in [6.07, 6.45) is 2.72. The maximum Gasteiger partial charge on any atom is 0.0274 e. The minimum atomic E-state index is 0.666. The van der Waals surface area contributed by atoms with Gasteiger partial charge in [0.05, 0.1) is 0 Å². The van der Waals surface area contributed by atoms with Crippen LogP contribution in [0.3, 0.4) is 0 Å². The number of nitrogens with zero attached hydrogens (tertiary/aromatic N) is 1. The fourth-order valence-corrected chi connectivity index (χ4v) is 4.03. The summed E-state index contributed by atoms with van der Waals surface area (Å²) in [5.41, 5.74) is 8.66. The highest BCUT2D eigenvalue weighted by molar-refractivity contribution is 7.12. The number of thiophene rings is 2. The highest BCUT2D eigenvalue weighted by Gasteiger charge is 2.29. The maximum atomic E-state index is 5.74. The van der Waals surface area contributed by atoms with Crippen molar-refractivity contribution in [3.8, 4) is 0 Å². The van der Waals surface area contributed by atoms with Crippen LogP contribution in [-0.2, 0) is 19.6 Å². The molecule has 0 radical (unpaired) electrons. The van der Waals surface area contributed by atoms with Crippen molar-refractivity contribution in [2.24, 2.45) is 5.73 Å². The van der Waals surface area contributed by atoms with E-state index in [2.05, 4.69) is 34.7 Å². The van der Waals surface area contributed by atoms with Crippen molar-refractivity contribution in [1.82, 2.24) is 4.90 Å². The summed E-state index contributed by atoms with van der Waals surface area (Å²) in [4.78, 5) is 5.35. The molecule has 0 bridgehead atoms. The van der Waals surface area contributed by atoms with Crippen molar-refractivity contribution in [3.63, 3.8) is 0 Å². The van der Waals surface area contributed by atoms with Gasteiger partial charge in [-0.05, 0) is 53.8 Å². The topological polar surface area (TPSA) is 29.3 Å². The van der Waals surface area contributed by atoms with Crippen molar-refractivity contribution in [1.29, 1.82) is 0 Å². The van der Waals surface area contributed by atoms with Crippen molar-refractivity contribution < 1.29 is 0 Å². The van der Waals surface area contributed by atoms with Gasteiger partial charge in [0.1, 0.15) is 0 Å². The van der Waals surface area contributed by atoms with Crippen LogP contribution in [-0.4, -0.2) is 10.9 Å². The van der Waals surface area contributed by atoms with Gasteiger partial charge in [-0.15, -0.1) is 11.3 Å². The zero-order valence-corrected chi connectivity index (χ0v) is 12.9. The molecular formula is C15H20N2S2. The number of nitrogens with two attached hydrogens (primary N) is 1. The second kappa shape index (κ2) is 5.75. The van der Waals surface area contributed by atoms with Crippen LogP contribution < -0.4 is 5.73 Å². The Balaban J connectivity index is 1.72. The molecule has 2 nitrogen and oxygen atoms in total. The summed E-state index contributed by atoms with van der Waals surface area (Å²) in [7, 11) is 0. The molecule has 1 saturated carbocycles. The predicted octanol–water partition coefficient (Wildman–Crippen LogP) is 3.74. The van der Waals surface area contributed by atoms with Crippen molar-refractivity contribution in [3.05, 3.63) is 43.8 Å². The molecule has 1 aliphatic rings. The van der Waals surface area contributed by atoms with Crippen LogP contribution in [0.4, 0.5) is 0 Å². The standard InChI is InChI=1S/C15H20N2S2/c1-11-13(6-15(7-16)19-11)9-17(14-2-3-14)8-12-4-5-18-10-12/h4-6,10,14H,2-3,7-9,16H2,1H3. The molecule has 1 aliphatic carbocycles. The molecule has 3 rings (SSSR count). The highest BCUT2D eigenvalue weighted by atomic mass is 32.1. The van der Waals surface area contributed by atoms with Gasteiger partial charge in [-0.1, -0.05) is 0 Å². The normalized spacial score (nSPS) is 15.3. The summed E-state index contributed by atoms with van der Waals surface area (Å²) in [6, 6.07) is 5.33. The van der Waals surface area contributed by atoms with Crippen LogP contribution in [0.2, 0.25) is 0 Å². The first kappa shape index (κ1) is 13.3. The summed E-state index contributed by atoms with van der Waals surface area (Å²) in [5.74, 6) is 0. The largest absolute Gasteiger partial charge is 0.326 e. The summed E-state index contributed by atoms with van der Waals surface area (Å²) in [6.45, 7) is 5.04. The summed E-state index contributed by atoms with van der Waals surface area (Å²) >= 11 is 3.64. The third kappa shape index (κ3) is 3.26. The van der Waals surface area contributed by atoms with Gasteiger partial charge in [0, 0.05) is 35.4 Å². The summed E-state index contributed by atoms with van der Waals surface area (Å²) < 4.78 is 0. The van der Waals surface area contributed by atoms with Gasteiger partial charge in [-0.3, -0.25) is 4.90 Å². The van der Waals surface area contributed by atoms with E-state index < -0.39 is 0 Å². The molecule has 0 spiro atoms. The van der Waals surface area contributed by atoms with Crippen molar-refractivity contribution in [2.45, 2.75) is 45.4 Å². The molecule has 2 aromatic rings. The van der Waals surface area contributed by atoms with E-state index in [-0.39, 0.29) is 0 Å². The molecule has 0 atom stereocenters. The smallest absolute Gasteiger partial charge is 0.0274 e. The molecule has 1 fully saturated rings. The van der Waals surface area contributed by atoms with E-state index in [1.807, 2.05) is 11.3 Å². The van der Waals surface area contributed by atoms with Crippen molar-refractivity contribution >= 4 is 22.7 Å². The van der Waals surface area contributed by atoms with Crippen LogP contribution in [0.1, 0.15) is 33.7 Å². The van der Waals surface area contributed by atoms with E-state index in [1.165, 1.54) is 33.7 Å². The molecule has 102 valence electrons. The lowest BCUT2D eigenvalue weighted by Crippen LogP contribution is -2.24. The first-order chi connectivity index (χ1) is 9.26. The van der Waals surface area contributed by atoms with E-state index in [0.29, 0.717) is 6.54 Å². The van der Waals surface area contributed by atoms with Gasteiger partial charge >= 0.3 is 0 Å². The molecule has 0 unspecified atom stereocenters. The van der Waals surface area contributed by atoms with E-state index in [9.17, 15) is 0 Å². The fraction of sp³-hybridized carbons (Fsp3) is 0.467. The third-order valence-electron chi connectivity index (χ3n) is 3.68. The Kier molecular flexibility index (Phi) is 4.03. The quantitative estimate of drug-likeness (QED) is 0.879. The van der Waals surface area contributed by atoms with Gasteiger partial charge in [0.2, 0.25) is 0 Å². The second-order valence-corrected chi connectivity index (χ2v) is 7.39. The number of hydrogen-bond acceptors (Lipinski definition) is 4. The Bertz CT molecular complexity index is 526. The van der Waals surface area contributed by atoms with Gasteiger partial charge in [0.25, 0.3) is 0 Å². The molecule has 0 amide bonds. The number of hydrogen-bond donors (Lipinski definition) is 1. The predicted molar refractivity (Wildman–Crippen MR) is 83.5 cm³/mol. The third-order valence-corrected chi connectivity index (χ3v) is 5.52. The van der Waals surface area contributed by atoms with E-state index >= 15 is 0 Å². The molecule has 0 aliphatic heterocycles. The van der Waals surface area contributed by atoms with Crippen LogP contribution >= 0.6 is 22.7 Å². The monoisotopic (exact) mass is 292 g/mol. The van der Waals surface area contributed by atoms with Crippen molar-refractivity contribution in [2.75, 3.05) is 0 Å². The molecule has 19 heavy (non-hydrogen) atoms. The first-order valence-electron chi connectivity index (χ1n) is 6.79. The lowest BCUT2D eigenvalue weighted by atomic mass is 10.2. The molecule has 0 saturated heterocycles. The molecular weight excluding hydrogens is 272 g/mol. The SMILES string of the molecule is Cc1sc(CN)cc1CN(Cc1ccsc1)C1CC1. The van der Waals surface area contributed by atoms with Crippen LogP contribution in [0.15, 0.2) is 22.9 Å². The molecule has 4 heteroatoms. The molecule has 2 N–H and O–H groups in total. The minimum absolute atomic E-state index is 0.666. The Labute approximate surface area is 122 Å². The highest BCUT2D eigenvalue weighted by Crippen LogP contribution is 2.32. The van der Waals surface area contributed by atoms with Crippen LogP contribution in [0.25, 0.3) is 0 Å². The Hall–Kier alpha value is -0.680. The summed E-state index contributed by atoms with van der Waals surface area (Å²) in [5, 5.41) is 4.43. The second-order valence-electron chi connectivity index (χ2n) is 5.27. The van der Waals surface area contributed by atoms with E-state index in [0.717, 1.165) is 19.1 Å². The van der Waals surface area contributed by atoms with Crippen LogP contribution in [0.5, 0.6) is 0 Å². The Morgan fingerprint density at radius 1 is 1.37 bits per heavy atom. The average Bonchev–Trinajstić information content (AvgIpc) is 3.02. The fourth-order valence-electron chi connectivity index (χ4n) is 2.43. The van der Waals surface area contributed by atoms with Gasteiger partial charge < -0.3 is 5.73 Å². The lowest BCUT2D eigenvalue weighted by Gasteiger charge is -2.21. The zero-order chi connectivity index (χ0) is 13.2. The molecule has 2 aromatic heterocycles. The van der Waals surface area contributed by atoms with E-state index in [1.54, 1.807) is 11.3 Å². The first-order valence-corrected chi connectivity index (χ1v) is 8.55. The van der Waals surface area contributed by atoms with Gasteiger partial charge in [-0.25, -0.2) is 0 Å². The average molecular weight is 292 g/mol. The lowest BCUT2D eigenvalue weighted by molar-refractivity contribution is 0.246. The van der Waals surface area contributed by atoms with Crippen LogP contribution in [0, 0.1) is 6.92 Å². The number of rotatable bonds is 6. The minimum Gasteiger partial charge on any atom is -0.326 e. The Morgan fingerprint density at radius 2 is 2.21 bits per heavy atom. The Morgan fingerprint density at radius 3 is 2.79 bits per heavy atom. The van der Waals surface area contributed by atoms with Gasteiger partial charge in [0.15, 0.2) is 0 Å². The van der Waals surface area contributed by atoms with E-state index in [4.69, 9.17) is 5.73 Å².